The smallest absolute Gasteiger partial charge is 0.251 e. The average molecular weight is 272 g/mol. The molecule has 0 amide bonds. The molecule has 0 saturated heterocycles. The van der Waals surface area contributed by atoms with E-state index in [-0.39, 0.29) is 5.56 Å². The van der Waals surface area contributed by atoms with Crippen molar-refractivity contribution < 1.29 is 4.74 Å². The third-order valence-corrected chi connectivity index (χ3v) is 3.01. The van der Waals surface area contributed by atoms with Gasteiger partial charge in [0.1, 0.15) is 11.6 Å². The number of ether oxygens (including phenoxy) is 1. The number of H-pyrrole nitrogens is 1. The lowest BCUT2D eigenvalue weighted by Gasteiger charge is -2.09. The highest BCUT2D eigenvalue weighted by Gasteiger charge is 2.07. The van der Waals surface area contributed by atoms with Crippen LogP contribution in [0.2, 0.25) is 0 Å². The van der Waals surface area contributed by atoms with Crippen molar-refractivity contribution in [3.05, 3.63) is 57.8 Å². The van der Waals surface area contributed by atoms with Crippen molar-refractivity contribution in [3.63, 3.8) is 0 Å². The van der Waals surface area contributed by atoms with Crippen LogP contribution in [0, 0.1) is 5.92 Å². The second-order valence-corrected chi connectivity index (χ2v) is 5.27. The molecule has 1 aromatic heterocycles. The molecular weight excluding hydrogens is 252 g/mol. The zero-order valence-electron chi connectivity index (χ0n) is 12.1. The molecule has 2 aromatic rings. The predicted molar refractivity (Wildman–Crippen MR) is 79.2 cm³/mol. The number of hydrogen-bond acceptors (Lipinski definition) is 3. The van der Waals surface area contributed by atoms with Gasteiger partial charge in [-0.25, -0.2) is 4.98 Å². The van der Waals surface area contributed by atoms with Gasteiger partial charge in [0.15, 0.2) is 0 Å². The molecule has 0 aliphatic heterocycles. The van der Waals surface area contributed by atoms with E-state index in [1.165, 1.54) is 0 Å². The van der Waals surface area contributed by atoms with Crippen molar-refractivity contribution in [2.24, 2.45) is 5.92 Å². The minimum Gasteiger partial charge on any atom is -0.496 e. The van der Waals surface area contributed by atoms with Crippen LogP contribution in [0.1, 0.15) is 30.9 Å². The lowest BCUT2D eigenvalue weighted by Crippen LogP contribution is -2.14. The highest BCUT2D eigenvalue weighted by Crippen LogP contribution is 2.19. The number of hydrogen-bond donors (Lipinski definition) is 1. The summed E-state index contributed by atoms with van der Waals surface area (Å²) in [6, 6.07) is 9.34. The molecule has 0 fully saturated rings. The molecule has 4 heteroatoms. The Hall–Kier alpha value is -2.10. The van der Waals surface area contributed by atoms with Gasteiger partial charge in [0.2, 0.25) is 0 Å². The van der Waals surface area contributed by atoms with E-state index in [0.717, 1.165) is 23.4 Å². The maximum Gasteiger partial charge on any atom is 0.251 e. The Balaban J connectivity index is 2.29. The van der Waals surface area contributed by atoms with Crippen LogP contribution in [-0.4, -0.2) is 17.1 Å². The quantitative estimate of drug-likeness (QED) is 0.910. The van der Waals surface area contributed by atoms with Crippen LogP contribution in [-0.2, 0) is 12.8 Å². The molecule has 0 spiro atoms. The van der Waals surface area contributed by atoms with Gasteiger partial charge >= 0.3 is 0 Å². The average Bonchev–Trinajstić information content (AvgIpc) is 2.37. The first kappa shape index (κ1) is 14.3. The summed E-state index contributed by atoms with van der Waals surface area (Å²) >= 11 is 0. The molecule has 2 rings (SSSR count). The maximum absolute atomic E-state index is 11.7. The van der Waals surface area contributed by atoms with E-state index in [4.69, 9.17) is 4.74 Å². The largest absolute Gasteiger partial charge is 0.496 e. The van der Waals surface area contributed by atoms with Gasteiger partial charge in [-0.15, -0.1) is 0 Å². The Kier molecular flexibility index (Phi) is 4.56. The van der Waals surface area contributed by atoms with Crippen LogP contribution >= 0.6 is 0 Å². The van der Waals surface area contributed by atoms with Crippen molar-refractivity contribution in [2.75, 3.05) is 7.11 Å². The number of aromatic nitrogens is 2. The fourth-order valence-electron chi connectivity index (χ4n) is 2.20. The van der Waals surface area contributed by atoms with E-state index in [0.29, 0.717) is 18.2 Å². The number of nitrogens with one attached hydrogen (secondary N) is 1. The zero-order valence-corrected chi connectivity index (χ0v) is 12.1. The van der Waals surface area contributed by atoms with Crippen molar-refractivity contribution in [2.45, 2.75) is 26.7 Å². The Morgan fingerprint density at radius 2 is 2.05 bits per heavy atom. The minimum atomic E-state index is -0.0967. The van der Waals surface area contributed by atoms with Crippen molar-refractivity contribution in [1.29, 1.82) is 0 Å². The molecule has 1 heterocycles. The third-order valence-electron chi connectivity index (χ3n) is 3.01. The van der Waals surface area contributed by atoms with Gasteiger partial charge in [-0.2, -0.15) is 0 Å². The summed E-state index contributed by atoms with van der Waals surface area (Å²) in [6.07, 6.45) is 1.37. The molecule has 0 atom stereocenters. The van der Waals surface area contributed by atoms with E-state index in [1.807, 2.05) is 24.3 Å². The Bertz CT molecular complexity index is 632. The zero-order chi connectivity index (χ0) is 14.5. The highest BCUT2D eigenvalue weighted by molar-refractivity contribution is 5.35. The topological polar surface area (TPSA) is 55.0 Å². The minimum absolute atomic E-state index is 0.0967. The second kappa shape index (κ2) is 6.37. The van der Waals surface area contributed by atoms with Crippen LogP contribution in [0.3, 0.4) is 0 Å². The molecule has 0 unspecified atom stereocenters. The first-order valence-electron chi connectivity index (χ1n) is 6.79. The van der Waals surface area contributed by atoms with Crippen molar-refractivity contribution >= 4 is 0 Å². The van der Waals surface area contributed by atoms with Crippen LogP contribution < -0.4 is 10.3 Å². The summed E-state index contributed by atoms with van der Waals surface area (Å²) in [4.78, 5) is 19.0. The lowest BCUT2D eigenvalue weighted by molar-refractivity contribution is 0.410. The number of nitrogens with zero attached hydrogens (tertiary/aromatic N) is 1. The molecule has 1 N–H and O–H groups in total. The molecule has 0 aliphatic carbocycles. The maximum atomic E-state index is 11.7. The summed E-state index contributed by atoms with van der Waals surface area (Å²) in [6.45, 7) is 4.23. The molecule has 106 valence electrons. The van der Waals surface area contributed by atoms with Gasteiger partial charge < -0.3 is 9.72 Å². The molecule has 4 nitrogen and oxygen atoms in total. The Labute approximate surface area is 118 Å². The van der Waals surface area contributed by atoms with Crippen LogP contribution in [0.25, 0.3) is 0 Å². The van der Waals surface area contributed by atoms with Crippen LogP contribution in [0.15, 0.2) is 35.1 Å². The molecule has 0 radical (unpaired) electrons. The van der Waals surface area contributed by atoms with Crippen LogP contribution in [0.5, 0.6) is 5.75 Å². The fourth-order valence-corrected chi connectivity index (χ4v) is 2.20. The van der Waals surface area contributed by atoms with Gasteiger partial charge in [0, 0.05) is 23.7 Å². The standard InChI is InChI=1S/C16H20N2O2/c1-11(2)8-13-10-16(19)18-15(17-13)9-12-6-4-5-7-14(12)20-3/h4-7,10-11H,8-9H2,1-3H3,(H,17,18,19). The van der Waals surface area contributed by atoms with Gasteiger partial charge in [-0.05, 0) is 18.4 Å². The number of rotatable bonds is 5. The van der Waals surface area contributed by atoms with Gasteiger partial charge in [0.05, 0.1) is 7.11 Å². The molecule has 20 heavy (non-hydrogen) atoms. The summed E-state index contributed by atoms with van der Waals surface area (Å²) in [5.41, 5.74) is 1.76. The molecule has 1 aromatic carbocycles. The Morgan fingerprint density at radius 1 is 1.30 bits per heavy atom. The molecule has 0 bridgehead atoms. The third kappa shape index (κ3) is 3.70. The summed E-state index contributed by atoms with van der Waals surface area (Å²) < 4.78 is 5.32. The summed E-state index contributed by atoms with van der Waals surface area (Å²) in [5.74, 6) is 1.96. The number of benzene rings is 1. The normalized spacial score (nSPS) is 10.8. The molecular formula is C16H20N2O2. The van der Waals surface area contributed by atoms with Gasteiger partial charge in [-0.1, -0.05) is 32.0 Å². The SMILES string of the molecule is COc1ccccc1Cc1nc(CC(C)C)cc(=O)[nH]1. The first-order valence-corrected chi connectivity index (χ1v) is 6.79. The van der Waals surface area contributed by atoms with Gasteiger partial charge in [-0.3, -0.25) is 4.79 Å². The number of methoxy groups -OCH3 is 1. The highest BCUT2D eigenvalue weighted by atomic mass is 16.5. The summed E-state index contributed by atoms with van der Waals surface area (Å²) in [5, 5.41) is 0. The number of para-hydroxylation sites is 1. The lowest BCUT2D eigenvalue weighted by atomic mass is 10.1. The van der Waals surface area contributed by atoms with Crippen molar-refractivity contribution in [3.8, 4) is 5.75 Å². The Morgan fingerprint density at radius 3 is 2.75 bits per heavy atom. The second-order valence-electron chi connectivity index (χ2n) is 5.27. The van der Waals surface area contributed by atoms with E-state index in [1.54, 1.807) is 13.2 Å². The van der Waals surface area contributed by atoms with Crippen LogP contribution in [0.4, 0.5) is 0 Å². The van der Waals surface area contributed by atoms with E-state index < -0.39 is 0 Å². The van der Waals surface area contributed by atoms with E-state index in [9.17, 15) is 4.79 Å². The van der Waals surface area contributed by atoms with E-state index in [2.05, 4.69) is 23.8 Å². The molecule has 0 aliphatic rings. The molecule has 0 saturated carbocycles. The monoisotopic (exact) mass is 272 g/mol. The van der Waals surface area contributed by atoms with Crippen molar-refractivity contribution in [1.82, 2.24) is 9.97 Å². The predicted octanol–water partition coefficient (Wildman–Crippen LogP) is 2.57. The first-order chi connectivity index (χ1) is 9.58. The van der Waals surface area contributed by atoms with E-state index >= 15 is 0 Å². The fraction of sp³-hybridized carbons (Fsp3) is 0.375. The number of aromatic amines is 1. The summed E-state index contributed by atoms with van der Waals surface area (Å²) in [7, 11) is 1.64. The van der Waals surface area contributed by atoms with Gasteiger partial charge in [0.25, 0.3) is 5.56 Å².